The van der Waals surface area contributed by atoms with Crippen molar-refractivity contribution in [3.8, 4) is 11.4 Å². The van der Waals surface area contributed by atoms with Gasteiger partial charge in [0.2, 0.25) is 0 Å². The normalized spacial score (nSPS) is 22.6. The molecule has 4 rings (SSSR count). The van der Waals surface area contributed by atoms with E-state index in [0.29, 0.717) is 12.5 Å². The maximum atomic E-state index is 10.3. The SMILES string of the molecule is O[C@@H]1CC(Cn2cccn2)C[C@H]1NCc1cnc(-c2ccccc2)nc1. The molecule has 2 N–H and O–H groups in total. The van der Waals surface area contributed by atoms with Crippen molar-refractivity contribution in [1.82, 2.24) is 25.1 Å². The van der Waals surface area contributed by atoms with Crippen molar-refractivity contribution in [2.24, 2.45) is 5.92 Å². The number of hydrogen-bond acceptors (Lipinski definition) is 5. The first-order valence-electron chi connectivity index (χ1n) is 9.03. The molecule has 3 atom stereocenters. The minimum atomic E-state index is -0.319. The summed E-state index contributed by atoms with van der Waals surface area (Å²) < 4.78 is 1.94. The number of benzene rings is 1. The molecule has 2 aromatic heterocycles. The zero-order valence-electron chi connectivity index (χ0n) is 14.6. The molecule has 1 aliphatic rings. The summed E-state index contributed by atoms with van der Waals surface area (Å²) in [6, 6.07) is 12.0. The molecule has 134 valence electrons. The van der Waals surface area contributed by atoms with Crippen LogP contribution in [0, 0.1) is 5.92 Å². The molecule has 6 heteroatoms. The maximum Gasteiger partial charge on any atom is 0.159 e. The van der Waals surface area contributed by atoms with Crippen LogP contribution in [0.25, 0.3) is 11.4 Å². The lowest BCUT2D eigenvalue weighted by Gasteiger charge is -2.16. The molecule has 0 bridgehead atoms. The van der Waals surface area contributed by atoms with E-state index in [1.807, 2.05) is 59.7 Å². The summed E-state index contributed by atoms with van der Waals surface area (Å²) in [5.41, 5.74) is 2.03. The largest absolute Gasteiger partial charge is 0.391 e. The summed E-state index contributed by atoms with van der Waals surface area (Å²) >= 11 is 0. The van der Waals surface area contributed by atoms with Crippen LogP contribution in [-0.4, -0.2) is 37.0 Å². The number of hydrogen-bond donors (Lipinski definition) is 2. The van der Waals surface area contributed by atoms with Crippen LogP contribution >= 0.6 is 0 Å². The van der Waals surface area contributed by atoms with Gasteiger partial charge in [-0.05, 0) is 24.8 Å². The van der Waals surface area contributed by atoms with Gasteiger partial charge in [0, 0.05) is 55.0 Å². The van der Waals surface area contributed by atoms with E-state index in [4.69, 9.17) is 0 Å². The minimum absolute atomic E-state index is 0.101. The fourth-order valence-electron chi connectivity index (χ4n) is 3.59. The average Bonchev–Trinajstić information content (AvgIpc) is 3.31. The number of rotatable bonds is 6. The molecule has 0 spiro atoms. The number of aromatic nitrogens is 4. The van der Waals surface area contributed by atoms with E-state index in [0.717, 1.165) is 36.3 Å². The molecule has 0 saturated heterocycles. The average molecular weight is 349 g/mol. The first-order chi connectivity index (χ1) is 12.8. The van der Waals surface area contributed by atoms with Crippen LogP contribution < -0.4 is 5.32 Å². The number of aliphatic hydroxyl groups is 1. The van der Waals surface area contributed by atoms with Crippen molar-refractivity contribution in [1.29, 1.82) is 0 Å². The number of nitrogens with one attached hydrogen (secondary N) is 1. The van der Waals surface area contributed by atoms with Gasteiger partial charge in [0.25, 0.3) is 0 Å². The molecule has 1 aliphatic carbocycles. The van der Waals surface area contributed by atoms with Crippen molar-refractivity contribution >= 4 is 0 Å². The van der Waals surface area contributed by atoms with E-state index < -0.39 is 0 Å². The van der Waals surface area contributed by atoms with E-state index in [-0.39, 0.29) is 12.1 Å². The second-order valence-electron chi connectivity index (χ2n) is 6.90. The highest BCUT2D eigenvalue weighted by Crippen LogP contribution is 2.27. The Morgan fingerprint density at radius 3 is 2.62 bits per heavy atom. The van der Waals surface area contributed by atoms with Crippen molar-refractivity contribution in [2.75, 3.05) is 0 Å². The Morgan fingerprint density at radius 2 is 1.88 bits per heavy atom. The third-order valence-corrected chi connectivity index (χ3v) is 4.94. The van der Waals surface area contributed by atoms with Crippen LogP contribution in [0.2, 0.25) is 0 Å². The Hall–Kier alpha value is -2.57. The number of nitrogens with zero attached hydrogens (tertiary/aromatic N) is 4. The maximum absolute atomic E-state index is 10.3. The van der Waals surface area contributed by atoms with Gasteiger partial charge in [0.15, 0.2) is 5.82 Å². The summed E-state index contributed by atoms with van der Waals surface area (Å²) in [6.07, 6.45) is 8.90. The Morgan fingerprint density at radius 1 is 1.08 bits per heavy atom. The molecular formula is C20H23N5O. The van der Waals surface area contributed by atoms with E-state index in [2.05, 4.69) is 20.4 Å². The molecule has 0 amide bonds. The van der Waals surface area contributed by atoms with Crippen LogP contribution in [0.1, 0.15) is 18.4 Å². The number of aliphatic hydroxyl groups excluding tert-OH is 1. The van der Waals surface area contributed by atoms with Gasteiger partial charge in [-0.2, -0.15) is 5.10 Å². The Labute approximate surface area is 152 Å². The van der Waals surface area contributed by atoms with Gasteiger partial charge in [-0.1, -0.05) is 30.3 Å². The van der Waals surface area contributed by atoms with Crippen molar-refractivity contribution in [3.63, 3.8) is 0 Å². The second kappa shape index (κ2) is 7.76. The predicted octanol–water partition coefficient (Wildman–Crippen LogP) is 2.27. The standard InChI is InChI=1S/C20H23N5O/c26-19-10-15(14-25-8-4-7-24-25)9-18(19)21-11-16-12-22-20(23-13-16)17-5-2-1-3-6-17/h1-8,12-13,15,18-19,21,26H,9-11,14H2/t15?,18-,19-/m1/s1. The Balaban J connectivity index is 1.31. The smallest absolute Gasteiger partial charge is 0.159 e. The van der Waals surface area contributed by atoms with E-state index >= 15 is 0 Å². The molecule has 0 aliphatic heterocycles. The molecule has 1 fully saturated rings. The quantitative estimate of drug-likeness (QED) is 0.714. The first kappa shape index (κ1) is 16.9. The lowest BCUT2D eigenvalue weighted by molar-refractivity contribution is 0.145. The van der Waals surface area contributed by atoms with Crippen LogP contribution in [0.4, 0.5) is 0 Å². The van der Waals surface area contributed by atoms with Gasteiger partial charge in [0.05, 0.1) is 6.10 Å². The Bertz CT molecular complexity index is 804. The zero-order chi connectivity index (χ0) is 17.8. The summed E-state index contributed by atoms with van der Waals surface area (Å²) in [6.45, 7) is 1.52. The van der Waals surface area contributed by atoms with Gasteiger partial charge < -0.3 is 10.4 Å². The molecular weight excluding hydrogens is 326 g/mol. The van der Waals surface area contributed by atoms with Gasteiger partial charge in [0.1, 0.15) is 0 Å². The van der Waals surface area contributed by atoms with Crippen molar-refractivity contribution in [3.05, 3.63) is 66.7 Å². The molecule has 6 nitrogen and oxygen atoms in total. The lowest BCUT2D eigenvalue weighted by Crippen LogP contribution is -2.35. The third kappa shape index (κ3) is 3.98. The topological polar surface area (TPSA) is 75.9 Å². The van der Waals surface area contributed by atoms with Crippen molar-refractivity contribution < 1.29 is 5.11 Å². The lowest BCUT2D eigenvalue weighted by atomic mass is 10.1. The van der Waals surface area contributed by atoms with Gasteiger partial charge in [-0.3, -0.25) is 4.68 Å². The molecule has 26 heavy (non-hydrogen) atoms. The first-order valence-corrected chi connectivity index (χ1v) is 9.03. The highest BCUT2D eigenvalue weighted by molar-refractivity contribution is 5.53. The molecule has 0 radical (unpaired) electrons. The van der Waals surface area contributed by atoms with Crippen molar-refractivity contribution in [2.45, 2.75) is 38.1 Å². The monoisotopic (exact) mass is 349 g/mol. The summed E-state index contributed by atoms with van der Waals surface area (Å²) in [5.74, 6) is 1.17. The van der Waals surface area contributed by atoms with Crippen LogP contribution in [0.15, 0.2) is 61.2 Å². The fourth-order valence-corrected chi connectivity index (χ4v) is 3.59. The fraction of sp³-hybridized carbons (Fsp3) is 0.350. The zero-order valence-corrected chi connectivity index (χ0v) is 14.6. The molecule has 1 saturated carbocycles. The minimum Gasteiger partial charge on any atom is -0.391 e. The summed E-state index contributed by atoms with van der Waals surface area (Å²) in [4.78, 5) is 8.91. The molecule has 2 heterocycles. The summed E-state index contributed by atoms with van der Waals surface area (Å²) in [5, 5.41) is 18.0. The van der Waals surface area contributed by atoms with E-state index in [9.17, 15) is 5.11 Å². The van der Waals surface area contributed by atoms with E-state index in [1.165, 1.54) is 0 Å². The van der Waals surface area contributed by atoms with E-state index in [1.54, 1.807) is 6.20 Å². The molecule has 1 aromatic carbocycles. The third-order valence-electron chi connectivity index (χ3n) is 4.94. The van der Waals surface area contributed by atoms with Crippen LogP contribution in [0.5, 0.6) is 0 Å². The highest BCUT2D eigenvalue weighted by Gasteiger charge is 2.32. The van der Waals surface area contributed by atoms with Gasteiger partial charge in [-0.25, -0.2) is 9.97 Å². The second-order valence-corrected chi connectivity index (χ2v) is 6.90. The van der Waals surface area contributed by atoms with Gasteiger partial charge in [-0.15, -0.1) is 0 Å². The predicted molar refractivity (Wildman–Crippen MR) is 99.1 cm³/mol. The molecule has 1 unspecified atom stereocenters. The molecule has 3 aromatic rings. The van der Waals surface area contributed by atoms with Crippen LogP contribution in [-0.2, 0) is 13.1 Å². The summed E-state index contributed by atoms with van der Waals surface area (Å²) in [7, 11) is 0. The highest BCUT2D eigenvalue weighted by atomic mass is 16.3. The van der Waals surface area contributed by atoms with Crippen LogP contribution in [0.3, 0.4) is 0 Å². The Kier molecular flexibility index (Phi) is 5.04. The van der Waals surface area contributed by atoms with Gasteiger partial charge >= 0.3 is 0 Å².